The van der Waals surface area contributed by atoms with Crippen LogP contribution >= 0.6 is 0 Å². The molecule has 0 aromatic heterocycles. The van der Waals surface area contributed by atoms with E-state index in [2.05, 4.69) is 4.72 Å². The van der Waals surface area contributed by atoms with Gasteiger partial charge in [0.2, 0.25) is 15.9 Å². The highest BCUT2D eigenvalue weighted by Crippen LogP contribution is 2.28. The minimum absolute atomic E-state index is 0.0460. The van der Waals surface area contributed by atoms with Gasteiger partial charge in [-0.25, -0.2) is 8.42 Å². The fraction of sp³-hybridized carbons (Fsp3) is 0.350. The number of morpholine rings is 1. The maximum absolute atomic E-state index is 12.5. The van der Waals surface area contributed by atoms with E-state index in [0.29, 0.717) is 17.0 Å². The molecule has 0 aliphatic carbocycles. The van der Waals surface area contributed by atoms with Crippen molar-refractivity contribution in [3.63, 3.8) is 0 Å². The Morgan fingerprint density at radius 1 is 1.24 bits per heavy atom. The first kappa shape index (κ1) is 21.1. The van der Waals surface area contributed by atoms with Crippen LogP contribution in [0.25, 0.3) is 0 Å². The Balaban J connectivity index is 1.81. The van der Waals surface area contributed by atoms with Crippen molar-refractivity contribution in [2.45, 2.75) is 18.7 Å². The highest BCUT2D eigenvalue weighted by atomic mass is 32.2. The van der Waals surface area contributed by atoms with Crippen LogP contribution in [-0.4, -0.2) is 57.0 Å². The molecule has 1 heterocycles. The van der Waals surface area contributed by atoms with E-state index in [1.165, 1.54) is 0 Å². The third kappa shape index (κ3) is 5.26. The van der Waals surface area contributed by atoms with E-state index in [9.17, 15) is 18.3 Å². The number of nitrogens with one attached hydrogen (secondary N) is 1. The summed E-state index contributed by atoms with van der Waals surface area (Å²) in [6.07, 6.45) is 0.0671. The Kier molecular flexibility index (Phi) is 6.41. The lowest BCUT2D eigenvalue weighted by Crippen LogP contribution is -2.51. The number of ether oxygens (including phenoxy) is 2. The summed E-state index contributed by atoms with van der Waals surface area (Å²) in [6.45, 7) is 0.419. The van der Waals surface area contributed by atoms with E-state index in [1.54, 1.807) is 36.3 Å². The SMILES string of the molecule is COc1ccccc1CN1C(=O)COC[C@@H]1[C@H](O)c1ccc(NS(C)(=O)=O)cc1. The minimum atomic E-state index is -3.39. The number of amides is 1. The van der Waals surface area contributed by atoms with Gasteiger partial charge in [-0.15, -0.1) is 0 Å². The lowest BCUT2D eigenvalue weighted by atomic mass is 9.99. The smallest absolute Gasteiger partial charge is 0.249 e. The number of aliphatic hydroxyl groups is 1. The van der Waals surface area contributed by atoms with Gasteiger partial charge in [-0.3, -0.25) is 9.52 Å². The number of methoxy groups -OCH3 is 1. The first-order chi connectivity index (χ1) is 13.8. The Labute approximate surface area is 170 Å². The van der Waals surface area contributed by atoms with E-state index < -0.39 is 22.2 Å². The van der Waals surface area contributed by atoms with Crippen molar-refractivity contribution < 1.29 is 27.8 Å². The summed E-state index contributed by atoms with van der Waals surface area (Å²) < 4.78 is 35.8. The van der Waals surface area contributed by atoms with Crippen molar-refractivity contribution in [3.05, 3.63) is 59.7 Å². The fourth-order valence-corrected chi connectivity index (χ4v) is 3.86. The van der Waals surface area contributed by atoms with Gasteiger partial charge in [0.15, 0.2) is 0 Å². The second-order valence-corrected chi connectivity index (χ2v) is 8.61. The molecule has 9 heteroatoms. The zero-order chi connectivity index (χ0) is 21.0. The van der Waals surface area contributed by atoms with Gasteiger partial charge < -0.3 is 19.5 Å². The summed E-state index contributed by atoms with van der Waals surface area (Å²) in [7, 11) is -1.82. The van der Waals surface area contributed by atoms with Crippen LogP contribution in [0.3, 0.4) is 0 Å². The Bertz CT molecular complexity index is 961. The molecule has 1 fully saturated rings. The summed E-state index contributed by atoms with van der Waals surface area (Å²) in [4.78, 5) is 14.1. The molecule has 1 aliphatic rings. The number of aliphatic hydroxyl groups excluding tert-OH is 1. The van der Waals surface area contributed by atoms with Gasteiger partial charge in [0.25, 0.3) is 0 Å². The molecular weight excluding hydrogens is 396 g/mol. The maximum atomic E-state index is 12.5. The van der Waals surface area contributed by atoms with Crippen LogP contribution in [0, 0.1) is 0 Å². The highest BCUT2D eigenvalue weighted by Gasteiger charge is 2.35. The quantitative estimate of drug-likeness (QED) is 0.704. The summed E-state index contributed by atoms with van der Waals surface area (Å²) in [5, 5.41) is 10.9. The fourth-order valence-electron chi connectivity index (χ4n) is 3.29. The van der Waals surface area contributed by atoms with Gasteiger partial charge in [-0.1, -0.05) is 30.3 Å². The molecule has 0 spiro atoms. The number of hydrogen-bond donors (Lipinski definition) is 2. The van der Waals surface area contributed by atoms with Gasteiger partial charge in [0.1, 0.15) is 18.5 Å². The van der Waals surface area contributed by atoms with Crippen molar-refractivity contribution in [1.29, 1.82) is 0 Å². The van der Waals surface area contributed by atoms with Crippen LogP contribution in [0.1, 0.15) is 17.2 Å². The van der Waals surface area contributed by atoms with E-state index in [-0.39, 0.29) is 25.7 Å². The third-order valence-electron chi connectivity index (χ3n) is 4.69. The average Bonchev–Trinajstić information content (AvgIpc) is 2.69. The number of anilines is 1. The summed E-state index contributed by atoms with van der Waals surface area (Å²) in [5.41, 5.74) is 1.78. The molecule has 2 atom stereocenters. The molecule has 8 nitrogen and oxygen atoms in total. The maximum Gasteiger partial charge on any atom is 0.249 e. The molecule has 2 N–H and O–H groups in total. The number of sulfonamides is 1. The zero-order valence-corrected chi connectivity index (χ0v) is 17.1. The molecule has 1 aliphatic heterocycles. The summed E-state index contributed by atoms with van der Waals surface area (Å²) >= 11 is 0. The molecule has 3 rings (SSSR count). The van der Waals surface area contributed by atoms with Crippen LogP contribution in [0.4, 0.5) is 5.69 Å². The van der Waals surface area contributed by atoms with E-state index in [1.807, 2.05) is 24.3 Å². The van der Waals surface area contributed by atoms with Crippen molar-refractivity contribution in [1.82, 2.24) is 4.90 Å². The summed E-state index contributed by atoms with van der Waals surface area (Å²) in [6, 6.07) is 13.2. The van der Waals surface area contributed by atoms with E-state index in [0.717, 1.165) is 11.8 Å². The van der Waals surface area contributed by atoms with Crippen molar-refractivity contribution in [2.75, 3.05) is 31.3 Å². The van der Waals surface area contributed by atoms with Crippen LogP contribution in [0.5, 0.6) is 5.75 Å². The lowest BCUT2D eigenvalue weighted by Gasteiger charge is -2.38. The predicted molar refractivity (Wildman–Crippen MR) is 108 cm³/mol. The van der Waals surface area contributed by atoms with E-state index in [4.69, 9.17) is 9.47 Å². The first-order valence-corrected chi connectivity index (χ1v) is 10.9. The largest absolute Gasteiger partial charge is 0.496 e. The van der Waals surface area contributed by atoms with E-state index >= 15 is 0 Å². The number of rotatable bonds is 7. The first-order valence-electron chi connectivity index (χ1n) is 9.03. The predicted octanol–water partition coefficient (Wildman–Crippen LogP) is 1.53. The molecule has 156 valence electrons. The Morgan fingerprint density at radius 2 is 1.93 bits per heavy atom. The van der Waals surface area contributed by atoms with Gasteiger partial charge in [-0.05, 0) is 23.8 Å². The topological polar surface area (TPSA) is 105 Å². The van der Waals surface area contributed by atoms with Crippen molar-refractivity contribution >= 4 is 21.6 Å². The highest BCUT2D eigenvalue weighted by molar-refractivity contribution is 7.92. The molecular formula is C20H24N2O6S. The standard InChI is InChI=1S/C20H24N2O6S/c1-27-18-6-4-3-5-15(18)11-22-17(12-28-13-19(22)23)20(24)14-7-9-16(10-8-14)21-29(2,25)26/h3-10,17,20-21,24H,11-13H2,1-2H3/t17-,20-/m1/s1. The second kappa shape index (κ2) is 8.81. The van der Waals surface area contributed by atoms with Gasteiger partial charge in [0, 0.05) is 17.8 Å². The molecule has 0 saturated carbocycles. The Hall–Kier alpha value is -2.62. The van der Waals surface area contributed by atoms with Crippen molar-refractivity contribution in [2.24, 2.45) is 0 Å². The average molecular weight is 420 g/mol. The zero-order valence-electron chi connectivity index (χ0n) is 16.2. The van der Waals surface area contributed by atoms with Crippen LogP contribution < -0.4 is 9.46 Å². The van der Waals surface area contributed by atoms with Gasteiger partial charge in [0.05, 0.1) is 26.0 Å². The second-order valence-electron chi connectivity index (χ2n) is 6.86. The normalized spacial score (nSPS) is 18.4. The number of benzene rings is 2. The number of carbonyl (C=O) groups is 1. The molecule has 0 bridgehead atoms. The number of nitrogens with zero attached hydrogens (tertiary/aromatic N) is 1. The molecule has 29 heavy (non-hydrogen) atoms. The molecule has 2 aromatic carbocycles. The van der Waals surface area contributed by atoms with Crippen LogP contribution in [-0.2, 0) is 26.1 Å². The van der Waals surface area contributed by atoms with Crippen molar-refractivity contribution in [3.8, 4) is 5.75 Å². The van der Waals surface area contributed by atoms with Gasteiger partial charge in [-0.2, -0.15) is 0 Å². The molecule has 0 radical (unpaired) electrons. The number of hydrogen-bond acceptors (Lipinski definition) is 6. The van der Waals surface area contributed by atoms with Gasteiger partial charge >= 0.3 is 0 Å². The molecule has 0 unspecified atom stereocenters. The van der Waals surface area contributed by atoms with Crippen LogP contribution in [0.15, 0.2) is 48.5 Å². The third-order valence-corrected chi connectivity index (χ3v) is 5.29. The minimum Gasteiger partial charge on any atom is -0.496 e. The molecule has 2 aromatic rings. The lowest BCUT2D eigenvalue weighted by molar-refractivity contribution is -0.155. The number of carbonyl (C=O) groups excluding carboxylic acids is 1. The summed E-state index contributed by atoms with van der Waals surface area (Å²) in [5.74, 6) is 0.442. The Morgan fingerprint density at radius 3 is 2.59 bits per heavy atom. The number of para-hydroxylation sites is 1. The molecule has 1 amide bonds. The monoisotopic (exact) mass is 420 g/mol. The molecule has 1 saturated heterocycles. The van der Waals surface area contributed by atoms with Crippen LogP contribution in [0.2, 0.25) is 0 Å².